The number of anilines is 2. The summed E-state index contributed by atoms with van der Waals surface area (Å²) in [6, 6.07) is 14.5. The number of amides is 4. The fourth-order valence-electron chi connectivity index (χ4n) is 7.65. The van der Waals surface area contributed by atoms with Crippen molar-refractivity contribution in [3.8, 4) is 11.5 Å². The zero-order valence-corrected chi connectivity index (χ0v) is 27.1. The van der Waals surface area contributed by atoms with Gasteiger partial charge in [0.05, 0.1) is 35.2 Å². The number of carbonyl (C=O) groups is 4. The SMILES string of the molecule is COc1cc(C=C[C@H]2C3=CC[C@@H]4C(=O)N(c5cccc([N+](=O)[O-])c5)C(=O)[C@@H]4[C@@H]3C[C@@]3(Cl)C(=O)N(c4ccc(F)cc4)C(=O)[C@@]23Cl)ccc1O. The quantitative estimate of drug-likeness (QED) is 0.112. The number of fused-ring (bicyclic) bond motifs is 4. The summed E-state index contributed by atoms with van der Waals surface area (Å²) < 4.78 is 19.1. The lowest BCUT2D eigenvalue weighted by Gasteiger charge is -2.49. The summed E-state index contributed by atoms with van der Waals surface area (Å²) in [5.41, 5.74) is 0.857. The van der Waals surface area contributed by atoms with E-state index in [1.165, 1.54) is 43.5 Å². The molecule has 2 aliphatic heterocycles. The molecule has 0 aromatic heterocycles. The minimum absolute atomic E-state index is 0.0376. The normalized spacial score (nSPS) is 29.2. The maximum atomic E-state index is 14.4. The minimum atomic E-state index is -2.12. The number of hydrogen-bond donors (Lipinski definition) is 1. The Bertz CT molecular complexity index is 2040. The number of phenolic OH excluding ortho intramolecular Hbond substituents is 1. The molecule has 0 spiro atoms. The summed E-state index contributed by atoms with van der Waals surface area (Å²) in [5.74, 6) is -7.18. The Morgan fingerprint density at radius 2 is 1.69 bits per heavy atom. The third-order valence-corrected chi connectivity index (χ3v) is 11.4. The molecule has 3 aromatic carbocycles. The van der Waals surface area contributed by atoms with Crippen molar-refractivity contribution >= 4 is 70.0 Å². The van der Waals surface area contributed by atoms with Gasteiger partial charge in [0, 0.05) is 18.1 Å². The second-order valence-corrected chi connectivity index (χ2v) is 13.6. The number of nitrogens with zero attached hydrogens (tertiary/aromatic N) is 3. The second kappa shape index (κ2) is 11.5. The number of aromatic hydroxyl groups is 1. The first-order valence-corrected chi connectivity index (χ1v) is 16.0. The van der Waals surface area contributed by atoms with Crippen LogP contribution >= 0.6 is 23.2 Å². The number of halogens is 3. The van der Waals surface area contributed by atoms with E-state index in [4.69, 9.17) is 27.9 Å². The lowest BCUT2D eigenvalue weighted by molar-refractivity contribution is -0.384. The van der Waals surface area contributed by atoms with Gasteiger partial charge in [0.25, 0.3) is 17.5 Å². The van der Waals surface area contributed by atoms with Gasteiger partial charge in [0.15, 0.2) is 21.2 Å². The molecular weight excluding hydrogens is 680 g/mol. The summed E-state index contributed by atoms with van der Waals surface area (Å²) in [6.45, 7) is 0. The number of rotatable bonds is 6. The van der Waals surface area contributed by atoms with Gasteiger partial charge >= 0.3 is 0 Å². The van der Waals surface area contributed by atoms with Crippen molar-refractivity contribution in [3.05, 3.63) is 106 Å². The predicted octanol–water partition coefficient (Wildman–Crippen LogP) is 5.76. The lowest BCUT2D eigenvalue weighted by Crippen LogP contribution is -2.60. The van der Waals surface area contributed by atoms with Crippen LogP contribution in [0.5, 0.6) is 11.5 Å². The van der Waals surface area contributed by atoms with E-state index >= 15 is 0 Å². The monoisotopic (exact) mass is 705 g/mol. The van der Waals surface area contributed by atoms with Gasteiger partial charge in [-0.05, 0) is 66.8 Å². The van der Waals surface area contributed by atoms with Crippen LogP contribution in [0.4, 0.5) is 21.5 Å². The van der Waals surface area contributed by atoms with Crippen LogP contribution < -0.4 is 14.5 Å². The molecule has 11 nitrogen and oxygen atoms in total. The van der Waals surface area contributed by atoms with Crippen molar-refractivity contribution in [1.82, 2.24) is 0 Å². The zero-order valence-electron chi connectivity index (χ0n) is 25.6. The third-order valence-electron chi connectivity index (χ3n) is 9.94. The van der Waals surface area contributed by atoms with Gasteiger partial charge in [0.2, 0.25) is 11.8 Å². The molecule has 6 atom stereocenters. The topological polar surface area (TPSA) is 147 Å². The number of phenols is 1. The minimum Gasteiger partial charge on any atom is -0.504 e. The second-order valence-electron chi connectivity index (χ2n) is 12.4. The van der Waals surface area contributed by atoms with E-state index in [-0.39, 0.29) is 41.4 Å². The number of benzene rings is 3. The molecule has 49 heavy (non-hydrogen) atoms. The van der Waals surface area contributed by atoms with Gasteiger partial charge in [0.1, 0.15) is 5.82 Å². The number of imide groups is 2. The van der Waals surface area contributed by atoms with Crippen molar-refractivity contribution in [2.24, 2.45) is 23.7 Å². The highest BCUT2D eigenvalue weighted by molar-refractivity contribution is 6.58. The third kappa shape index (κ3) is 4.68. The number of carbonyl (C=O) groups excluding carboxylic acids is 4. The van der Waals surface area contributed by atoms with Crippen molar-refractivity contribution < 1.29 is 38.3 Å². The van der Waals surface area contributed by atoms with Gasteiger partial charge < -0.3 is 9.84 Å². The first kappa shape index (κ1) is 32.5. The summed E-state index contributed by atoms with van der Waals surface area (Å²) in [4.78, 5) is 65.0. The zero-order chi connectivity index (χ0) is 35.0. The fourth-order valence-corrected chi connectivity index (χ4v) is 8.54. The van der Waals surface area contributed by atoms with Crippen LogP contribution in [0.25, 0.3) is 6.08 Å². The molecule has 2 aliphatic carbocycles. The Morgan fingerprint density at radius 3 is 2.39 bits per heavy atom. The Kier molecular flexibility index (Phi) is 7.64. The molecule has 0 radical (unpaired) electrons. The number of nitro groups is 1. The van der Waals surface area contributed by atoms with E-state index < -0.39 is 67.8 Å². The highest BCUT2D eigenvalue weighted by Gasteiger charge is 2.76. The molecule has 1 N–H and O–H groups in total. The Hall–Kier alpha value is -5.07. The molecule has 2 saturated heterocycles. The number of methoxy groups -OCH3 is 1. The molecule has 1 saturated carbocycles. The molecule has 4 amide bonds. The highest BCUT2D eigenvalue weighted by atomic mass is 35.5. The van der Waals surface area contributed by atoms with E-state index in [9.17, 15) is 38.8 Å². The maximum Gasteiger partial charge on any atom is 0.271 e. The lowest BCUT2D eigenvalue weighted by atomic mass is 9.57. The molecule has 2 heterocycles. The molecule has 3 fully saturated rings. The van der Waals surface area contributed by atoms with Crippen LogP contribution in [0.15, 0.2) is 84.5 Å². The van der Waals surface area contributed by atoms with E-state index in [0.29, 0.717) is 11.1 Å². The number of nitro benzene ring substituents is 1. The molecule has 250 valence electrons. The standard InChI is InChI=1S/C35H26Cl2FN3O8/c1-49-28-15-18(6-14-27(28)42)5-13-26-23-11-12-24-29(31(44)39(30(24)43)21-3-2-4-22(16-21)41(47)48)25(23)17-34(36)32(45)40(33(46)35(26,34)37)20-9-7-19(38)8-10-20/h2-11,13-16,24-26,29,42H,12,17H2,1H3/t24-,25+,26-,29-,34+,35-/m0/s1. The van der Waals surface area contributed by atoms with Gasteiger partial charge in [-0.3, -0.25) is 29.3 Å². The molecule has 3 aromatic rings. The highest BCUT2D eigenvalue weighted by Crippen LogP contribution is 2.63. The average Bonchev–Trinajstić information content (AvgIpc) is 3.43. The number of allylic oxidation sites excluding steroid dienone is 3. The van der Waals surface area contributed by atoms with Crippen molar-refractivity contribution in [2.45, 2.75) is 22.6 Å². The molecule has 0 bridgehead atoms. The first-order valence-electron chi connectivity index (χ1n) is 15.2. The van der Waals surface area contributed by atoms with Gasteiger partial charge in [-0.15, -0.1) is 23.2 Å². The van der Waals surface area contributed by atoms with Crippen molar-refractivity contribution in [2.75, 3.05) is 16.9 Å². The van der Waals surface area contributed by atoms with E-state index in [1.54, 1.807) is 30.4 Å². The Labute approximate surface area is 288 Å². The van der Waals surface area contributed by atoms with Crippen LogP contribution in [0.1, 0.15) is 18.4 Å². The number of hydrogen-bond acceptors (Lipinski definition) is 8. The molecule has 0 unspecified atom stereocenters. The van der Waals surface area contributed by atoms with Crippen LogP contribution in [0.2, 0.25) is 0 Å². The van der Waals surface area contributed by atoms with Crippen LogP contribution in [0.3, 0.4) is 0 Å². The van der Waals surface area contributed by atoms with Crippen LogP contribution in [-0.2, 0) is 19.2 Å². The molecule has 7 rings (SSSR count). The molecule has 4 aliphatic rings. The average molecular weight is 707 g/mol. The van der Waals surface area contributed by atoms with Crippen LogP contribution in [0, 0.1) is 39.6 Å². The van der Waals surface area contributed by atoms with Gasteiger partial charge in [-0.1, -0.05) is 35.9 Å². The van der Waals surface area contributed by atoms with Gasteiger partial charge in [-0.2, -0.15) is 0 Å². The Balaban J connectivity index is 1.35. The Morgan fingerprint density at radius 1 is 0.959 bits per heavy atom. The number of non-ortho nitro benzene ring substituents is 1. The maximum absolute atomic E-state index is 14.4. The van der Waals surface area contributed by atoms with E-state index in [2.05, 4.69) is 0 Å². The summed E-state index contributed by atoms with van der Waals surface area (Å²) in [5, 5.41) is 21.6. The van der Waals surface area contributed by atoms with Crippen molar-refractivity contribution in [1.29, 1.82) is 0 Å². The molecular formula is C35H26Cl2FN3O8. The summed E-state index contributed by atoms with van der Waals surface area (Å²) in [6.07, 6.45) is 4.79. The smallest absolute Gasteiger partial charge is 0.271 e. The summed E-state index contributed by atoms with van der Waals surface area (Å²) >= 11 is 14.6. The van der Waals surface area contributed by atoms with E-state index in [1.807, 2.05) is 0 Å². The van der Waals surface area contributed by atoms with E-state index in [0.717, 1.165) is 28.0 Å². The first-order chi connectivity index (χ1) is 23.3. The molecule has 14 heteroatoms. The van der Waals surface area contributed by atoms with Crippen molar-refractivity contribution in [3.63, 3.8) is 0 Å². The fraction of sp³-hybridized carbons (Fsp3) is 0.257. The summed E-state index contributed by atoms with van der Waals surface area (Å²) in [7, 11) is 1.39. The number of ether oxygens (including phenoxy) is 1. The van der Waals surface area contributed by atoms with Gasteiger partial charge in [-0.25, -0.2) is 14.2 Å². The largest absolute Gasteiger partial charge is 0.504 e. The predicted molar refractivity (Wildman–Crippen MR) is 177 cm³/mol. The van der Waals surface area contributed by atoms with Crippen LogP contribution in [-0.4, -0.2) is 50.5 Å². The number of alkyl halides is 2.